The van der Waals surface area contributed by atoms with Crippen molar-refractivity contribution in [2.75, 3.05) is 18.0 Å². The number of aryl methyl sites for hydroxylation is 1. The maximum Gasteiger partial charge on any atom is 0.261 e. The molecule has 0 aliphatic carbocycles. The molecule has 0 saturated carbocycles. The molecule has 3 aromatic rings. The lowest BCUT2D eigenvalue weighted by Gasteiger charge is -2.18. The highest BCUT2D eigenvalue weighted by atomic mass is 32.2. The number of sulfonamides is 1. The number of nitrogens with one attached hydrogen (secondary N) is 1. The van der Waals surface area contributed by atoms with Crippen molar-refractivity contribution in [3.05, 3.63) is 89.5 Å². The lowest BCUT2D eigenvalue weighted by Crippen LogP contribution is -2.26. The van der Waals surface area contributed by atoms with Crippen LogP contribution in [0, 0.1) is 6.92 Å². The highest BCUT2D eigenvalue weighted by Crippen LogP contribution is 2.21. The van der Waals surface area contributed by atoms with Crippen molar-refractivity contribution >= 4 is 33.4 Å². The fraction of sp³-hybridized carbons (Fsp3) is 0.174. The summed E-state index contributed by atoms with van der Waals surface area (Å²) in [6.45, 7) is 2.27. The number of nitrogens with zero attached hydrogens (tertiary/aromatic N) is 1. The van der Waals surface area contributed by atoms with E-state index >= 15 is 0 Å². The first-order chi connectivity index (χ1) is 14.3. The van der Waals surface area contributed by atoms with Crippen molar-refractivity contribution in [3.8, 4) is 0 Å². The molecule has 3 aromatic carbocycles. The van der Waals surface area contributed by atoms with E-state index in [2.05, 4.69) is 4.72 Å². The van der Waals surface area contributed by atoms with Crippen LogP contribution in [0.5, 0.6) is 0 Å². The Morgan fingerprint density at radius 1 is 1.00 bits per heavy atom. The summed E-state index contributed by atoms with van der Waals surface area (Å²) in [4.78, 5) is 15.7. The van der Waals surface area contributed by atoms with E-state index in [0.29, 0.717) is 17.8 Å². The Balaban J connectivity index is 1.77. The molecule has 7 heteroatoms. The van der Waals surface area contributed by atoms with Gasteiger partial charge in [0, 0.05) is 24.1 Å². The van der Waals surface area contributed by atoms with Gasteiger partial charge in [-0.1, -0.05) is 36.4 Å². The first-order valence-corrected chi connectivity index (χ1v) is 12.1. The van der Waals surface area contributed by atoms with Crippen molar-refractivity contribution in [1.29, 1.82) is 0 Å². The minimum absolute atomic E-state index is 0.0503. The van der Waals surface area contributed by atoms with Gasteiger partial charge in [-0.2, -0.15) is 0 Å². The van der Waals surface area contributed by atoms with Crippen LogP contribution in [-0.4, -0.2) is 32.5 Å². The molecule has 0 radical (unpaired) electrons. The zero-order valence-corrected chi connectivity index (χ0v) is 18.8. The molecule has 0 heterocycles. The third-order valence-corrected chi connectivity index (χ3v) is 6.81. The number of benzene rings is 3. The van der Waals surface area contributed by atoms with E-state index in [1.54, 1.807) is 48.0 Å². The lowest BCUT2D eigenvalue weighted by molar-refractivity contribution is 0.0785. The zero-order chi connectivity index (χ0) is 21.7. The van der Waals surface area contributed by atoms with E-state index in [4.69, 9.17) is 0 Å². The van der Waals surface area contributed by atoms with Crippen LogP contribution >= 0.6 is 11.8 Å². The number of carbonyl (C=O) groups excluding carboxylic acids is 1. The average Bonchev–Trinajstić information content (AvgIpc) is 2.75. The highest BCUT2D eigenvalue weighted by Gasteiger charge is 2.19. The number of amides is 1. The van der Waals surface area contributed by atoms with Crippen LogP contribution in [0.25, 0.3) is 0 Å². The maximum absolute atomic E-state index is 12.9. The van der Waals surface area contributed by atoms with E-state index in [-0.39, 0.29) is 10.8 Å². The van der Waals surface area contributed by atoms with Crippen LogP contribution in [-0.2, 0) is 16.6 Å². The third-order valence-electron chi connectivity index (χ3n) is 4.71. The Morgan fingerprint density at radius 3 is 2.37 bits per heavy atom. The number of rotatable bonds is 7. The van der Waals surface area contributed by atoms with Crippen LogP contribution in [0.15, 0.2) is 82.6 Å². The largest absolute Gasteiger partial charge is 0.337 e. The smallest absolute Gasteiger partial charge is 0.261 e. The number of hydrogen-bond donors (Lipinski definition) is 1. The summed E-state index contributed by atoms with van der Waals surface area (Å²) in [7, 11) is -2.10. The molecular weight excluding hydrogens is 416 g/mol. The average molecular weight is 441 g/mol. The van der Waals surface area contributed by atoms with Gasteiger partial charge in [0.05, 0.1) is 10.6 Å². The zero-order valence-electron chi connectivity index (χ0n) is 17.1. The molecule has 1 N–H and O–H groups in total. The molecule has 0 unspecified atom stereocenters. The molecule has 30 heavy (non-hydrogen) atoms. The molecule has 0 spiro atoms. The lowest BCUT2D eigenvalue weighted by atomic mass is 10.1. The van der Waals surface area contributed by atoms with Gasteiger partial charge in [0.25, 0.3) is 15.9 Å². The van der Waals surface area contributed by atoms with Crippen LogP contribution in [0.4, 0.5) is 5.69 Å². The molecular formula is C23H24N2O3S2. The molecule has 0 aliphatic rings. The quantitative estimate of drug-likeness (QED) is 0.537. The first-order valence-electron chi connectivity index (χ1n) is 9.37. The van der Waals surface area contributed by atoms with E-state index in [0.717, 1.165) is 16.0 Å². The van der Waals surface area contributed by atoms with Crippen LogP contribution in [0.2, 0.25) is 0 Å². The third kappa shape index (κ3) is 5.23. The van der Waals surface area contributed by atoms with E-state index < -0.39 is 10.0 Å². The number of carbonyl (C=O) groups is 1. The number of anilines is 1. The summed E-state index contributed by atoms with van der Waals surface area (Å²) in [5.74, 6) is -0.239. The first kappa shape index (κ1) is 21.9. The molecule has 0 aromatic heterocycles. The van der Waals surface area contributed by atoms with Gasteiger partial charge < -0.3 is 4.90 Å². The van der Waals surface area contributed by atoms with Crippen molar-refractivity contribution in [2.45, 2.75) is 23.3 Å². The van der Waals surface area contributed by atoms with Crippen molar-refractivity contribution < 1.29 is 13.2 Å². The molecule has 0 bridgehead atoms. The molecule has 5 nitrogen and oxygen atoms in total. The van der Waals surface area contributed by atoms with Gasteiger partial charge in [0.2, 0.25) is 0 Å². The summed E-state index contributed by atoms with van der Waals surface area (Å²) in [6, 6.07) is 21.3. The predicted molar refractivity (Wildman–Crippen MR) is 122 cm³/mol. The Kier molecular flexibility index (Phi) is 6.84. The van der Waals surface area contributed by atoms with Crippen LogP contribution in [0.3, 0.4) is 0 Å². The number of thioether (sulfide) groups is 1. The maximum atomic E-state index is 12.9. The minimum atomic E-state index is -3.81. The molecule has 0 saturated heterocycles. The van der Waals surface area contributed by atoms with Gasteiger partial charge in [-0.05, 0) is 60.7 Å². The fourth-order valence-corrected chi connectivity index (χ4v) is 4.57. The minimum Gasteiger partial charge on any atom is -0.337 e. The SMILES string of the molecule is CSc1ccc(CN(C)C(=O)c2cccc(S(=O)(=O)Nc3ccccc3C)c2)cc1. The van der Waals surface area contributed by atoms with Gasteiger partial charge in [-0.3, -0.25) is 9.52 Å². The summed E-state index contributed by atoms with van der Waals surface area (Å²) < 4.78 is 28.2. The van der Waals surface area contributed by atoms with Gasteiger partial charge in [-0.15, -0.1) is 11.8 Å². The monoisotopic (exact) mass is 440 g/mol. The second kappa shape index (κ2) is 9.36. The fourth-order valence-electron chi connectivity index (χ4n) is 2.98. The molecule has 3 rings (SSSR count). The van der Waals surface area contributed by atoms with E-state index in [1.807, 2.05) is 49.6 Å². The second-order valence-corrected chi connectivity index (χ2v) is 9.52. The molecule has 1 amide bonds. The standard InChI is InChI=1S/C23H24N2O3S2/c1-17-7-4-5-10-22(17)24-30(27,28)21-9-6-8-19(15-21)23(26)25(2)16-18-11-13-20(29-3)14-12-18/h4-15,24H,16H2,1-3H3. The van der Waals surface area contributed by atoms with Gasteiger partial charge in [0.1, 0.15) is 0 Å². The van der Waals surface area contributed by atoms with Gasteiger partial charge >= 0.3 is 0 Å². The summed E-state index contributed by atoms with van der Waals surface area (Å²) in [5.41, 5.74) is 2.67. The molecule has 0 fully saturated rings. The number of hydrogen-bond acceptors (Lipinski definition) is 4. The number of para-hydroxylation sites is 1. The van der Waals surface area contributed by atoms with E-state index in [1.165, 1.54) is 12.1 Å². The van der Waals surface area contributed by atoms with Crippen LogP contribution in [0.1, 0.15) is 21.5 Å². The second-order valence-electron chi connectivity index (χ2n) is 6.96. The Morgan fingerprint density at radius 2 is 1.70 bits per heavy atom. The summed E-state index contributed by atoms with van der Waals surface area (Å²) in [5, 5.41) is 0. The van der Waals surface area contributed by atoms with E-state index in [9.17, 15) is 13.2 Å². The highest BCUT2D eigenvalue weighted by molar-refractivity contribution is 7.98. The van der Waals surface area contributed by atoms with Crippen LogP contribution < -0.4 is 4.72 Å². The Labute approximate surface area is 182 Å². The predicted octanol–water partition coefficient (Wildman–Crippen LogP) is 4.79. The Hall–Kier alpha value is -2.77. The topological polar surface area (TPSA) is 66.5 Å². The van der Waals surface area contributed by atoms with Crippen molar-refractivity contribution in [3.63, 3.8) is 0 Å². The normalized spacial score (nSPS) is 11.2. The molecule has 0 aliphatic heterocycles. The summed E-state index contributed by atoms with van der Waals surface area (Å²) >= 11 is 1.66. The van der Waals surface area contributed by atoms with Gasteiger partial charge in [-0.25, -0.2) is 8.42 Å². The Bertz CT molecular complexity index is 1140. The van der Waals surface area contributed by atoms with Gasteiger partial charge in [0.15, 0.2) is 0 Å². The van der Waals surface area contributed by atoms with Crippen molar-refractivity contribution in [1.82, 2.24) is 4.90 Å². The summed E-state index contributed by atoms with van der Waals surface area (Å²) in [6.07, 6.45) is 2.01. The molecule has 0 atom stereocenters. The molecule has 156 valence electrons. The van der Waals surface area contributed by atoms with Crippen molar-refractivity contribution in [2.24, 2.45) is 0 Å².